The van der Waals surface area contributed by atoms with Gasteiger partial charge in [0.25, 0.3) is 0 Å². The van der Waals surface area contributed by atoms with E-state index in [2.05, 4.69) is 15.1 Å². The molecular formula is C8H9FN4O. The summed E-state index contributed by atoms with van der Waals surface area (Å²) >= 11 is 0. The molecule has 5 nitrogen and oxygen atoms in total. The zero-order chi connectivity index (χ0) is 10.1. The van der Waals surface area contributed by atoms with Crippen LogP contribution in [0.5, 0.6) is 6.01 Å². The van der Waals surface area contributed by atoms with Crippen molar-refractivity contribution in [2.45, 2.75) is 13.8 Å². The van der Waals surface area contributed by atoms with Gasteiger partial charge in [-0.1, -0.05) is 0 Å². The van der Waals surface area contributed by atoms with Crippen molar-refractivity contribution < 1.29 is 9.13 Å². The molecule has 0 saturated carbocycles. The number of nitrogens with zero attached hydrogens (tertiary/aromatic N) is 4. The Bertz CT molecular complexity index is 468. The van der Waals surface area contributed by atoms with Gasteiger partial charge in [0.05, 0.1) is 6.61 Å². The molecule has 14 heavy (non-hydrogen) atoms. The molecule has 2 aromatic heterocycles. The van der Waals surface area contributed by atoms with Gasteiger partial charge in [0, 0.05) is 6.07 Å². The molecule has 0 saturated heterocycles. The standard InChI is InChI=1S/C8H9FN4O/c1-3-14-8-11-6(9)4-7-10-5(2)12-13(7)8/h4H,3H2,1-2H3. The van der Waals surface area contributed by atoms with Gasteiger partial charge < -0.3 is 4.74 Å². The minimum absolute atomic E-state index is 0.128. The van der Waals surface area contributed by atoms with Crippen molar-refractivity contribution in [3.05, 3.63) is 17.8 Å². The molecular weight excluding hydrogens is 187 g/mol. The minimum Gasteiger partial charge on any atom is -0.464 e. The monoisotopic (exact) mass is 196 g/mol. The Morgan fingerprint density at radius 3 is 3.00 bits per heavy atom. The molecule has 6 heteroatoms. The lowest BCUT2D eigenvalue weighted by Crippen LogP contribution is -2.04. The summed E-state index contributed by atoms with van der Waals surface area (Å²) in [7, 11) is 0. The van der Waals surface area contributed by atoms with Crippen molar-refractivity contribution in [3.63, 3.8) is 0 Å². The quantitative estimate of drug-likeness (QED) is 0.671. The summed E-state index contributed by atoms with van der Waals surface area (Å²) < 4.78 is 19.5. The first-order chi connectivity index (χ1) is 6.70. The van der Waals surface area contributed by atoms with E-state index in [9.17, 15) is 4.39 Å². The number of halogens is 1. The number of hydrogen-bond acceptors (Lipinski definition) is 4. The third-order valence-electron chi connectivity index (χ3n) is 1.64. The molecule has 0 atom stereocenters. The third kappa shape index (κ3) is 1.39. The molecule has 0 aromatic carbocycles. The number of ether oxygens (including phenoxy) is 1. The lowest BCUT2D eigenvalue weighted by Gasteiger charge is -2.02. The van der Waals surface area contributed by atoms with Gasteiger partial charge in [-0.3, -0.25) is 0 Å². The van der Waals surface area contributed by atoms with E-state index in [1.54, 1.807) is 13.8 Å². The highest BCUT2D eigenvalue weighted by Gasteiger charge is 2.09. The van der Waals surface area contributed by atoms with Crippen molar-refractivity contribution in [2.24, 2.45) is 0 Å². The number of aromatic nitrogens is 4. The number of fused-ring (bicyclic) bond motifs is 1. The van der Waals surface area contributed by atoms with Crippen molar-refractivity contribution >= 4 is 5.65 Å². The maximum Gasteiger partial charge on any atom is 0.322 e. The van der Waals surface area contributed by atoms with Gasteiger partial charge in [-0.25, -0.2) is 4.98 Å². The average Bonchev–Trinajstić information content (AvgIpc) is 2.45. The van der Waals surface area contributed by atoms with E-state index in [4.69, 9.17) is 4.74 Å². The van der Waals surface area contributed by atoms with E-state index in [-0.39, 0.29) is 6.01 Å². The van der Waals surface area contributed by atoms with Crippen LogP contribution < -0.4 is 4.74 Å². The lowest BCUT2D eigenvalue weighted by molar-refractivity contribution is 0.297. The molecule has 74 valence electrons. The second kappa shape index (κ2) is 3.21. The van der Waals surface area contributed by atoms with Crippen LogP contribution in [0.15, 0.2) is 6.07 Å². The summed E-state index contributed by atoms with van der Waals surface area (Å²) in [4.78, 5) is 7.58. The summed E-state index contributed by atoms with van der Waals surface area (Å²) in [5.41, 5.74) is 0.401. The first-order valence-corrected chi connectivity index (χ1v) is 4.23. The van der Waals surface area contributed by atoms with Gasteiger partial charge in [0.2, 0.25) is 5.95 Å². The van der Waals surface area contributed by atoms with E-state index < -0.39 is 5.95 Å². The second-order valence-electron chi connectivity index (χ2n) is 2.72. The Morgan fingerprint density at radius 1 is 1.50 bits per heavy atom. The molecule has 0 radical (unpaired) electrons. The Labute approximate surface area is 79.6 Å². The predicted molar refractivity (Wildman–Crippen MR) is 46.6 cm³/mol. The van der Waals surface area contributed by atoms with Crippen LogP contribution in [0.25, 0.3) is 5.65 Å². The fraction of sp³-hybridized carbons (Fsp3) is 0.375. The molecule has 0 N–H and O–H groups in total. The van der Waals surface area contributed by atoms with Gasteiger partial charge in [0.1, 0.15) is 5.82 Å². The molecule has 0 aliphatic rings. The molecule has 0 unspecified atom stereocenters. The molecule has 2 rings (SSSR count). The second-order valence-corrected chi connectivity index (χ2v) is 2.72. The van der Waals surface area contributed by atoms with Crippen molar-refractivity contribution in [1.82, 2.24) is 19.6 Å². The zero-order valence-electron chi connectivity index (χ0n) is 7.86. The summed E-state index contributed by atoms with van der Waals surface area (Å²) in [5.74, 6) is -0.0632. The maximum absolute atomic E-state index is 13.0. The fourth-order valence-electron chi connectivity index (χ4n) is 1.17. The van der Waals surface area contributed by atoms with Crippen LogP contribution in [-0.4, -0.2) is 26.2 Å². The molecule has 0 bridgehead atoms. The fourth-order valence-corrected chi connectivity index (χ4v) is 1.17. The zero-order valence-corrected chi connectivity index (χ0v) is 7.86. The summed E-state index contributed by atoms with van der Waals surface area (Å²) in [6.07, 6.45) is 0. The predicted octanol–water partition coefficient (Wildman–Crippen LogP) is 0.971. The molecule has 2 heterocycles. The Hall–Kier alpha value is -1.72. The van der Waals surface area contributed by atoms with E-state index in [0.29, 0.717) is 18.1 Å². The highest BCUT2D eigenvalue weighted by Crippen LogP contribution is 2.11. The van der Waals surface area contributed by atoms with E-state index in [1.807, 2.05) is 0 Å². The van der Waals surface area contributed by atoms with E-state index in [1.165, 1.54) is 10.6 Å². The van der Waals surface area contributed by atoms with Gasteiger partial charge >= 0.3 is 6.01 Å². The largest absolute Gasteiger partial charge is 0.464 e. The molecule has 0 aliphatic carbocycles. The van der Waals surface area contributed by atoms with Crippen LogP contribution in [-0.2, 0) is 0 Å². The highest BCUT2D eigenvalue weighted by atomic mass is 19.1. The van der Waals surface area contributed by atoms with Crippen molar-refractivity contribution in [2.75, 3.05) is 6.61 Å². The van der Waals surface area contributed by atoms with Gasteiger partial charge in [-0.15, -0.1) is 5.10 Å². The Morgan fingerprint density at radius 2 is 2.29 bits per heavy atom. The smallest absolute Gasteiger partial charge is 0.322 e. The molecule has 0 spiro atoms. The van der Waals surface area contributed by atoms with Crippen LogP contribution in [0, 0.1) is 12.9 Å². The summed E-state index contributed by atoms with van der Waals surface area (Å²) in [6, 6.07) is 1.34. The van der Waals surface area contributed by atoms with Crippen LogP contribution in [0.2, 0.25) is 0 Å². The normalized spacial score (nSPS) is 10.8. The number of aryl methyl sites for hydroxylation is 1. The lowest BCUT2D eigenvalue weighted by atomic mass is 10.6. The Balaban J connectivity index is 2.66. The molecule has 0 fully saturated rings. The number of rotatable bonds is 2. The van der Waals surface area contributed by atoms with Crippen LogP contribution >= 0.6 is 0 Å². The topological polar surface area (TPSA) is 52.3 Å². The van der Waals surface area contributed by atoms with E-state index in [0.717, 1.165) is 0 Å². The summed E-state index contributed by atoms with van der Waals surface area (Å²) in [5, 5.41) is 4.02. The molecule has 0 aliphatic heterocycles. The van der Waals surface area contributed by atoms with Crippen molar-refractivity contribution in [1.29, 1.82) is 0 Å². The maximum atomic E-state index is 13.0. The van der Waals surface area contributed by atoms with Gasteiger partial charge in [0.15, 0.2) is 5.65 Å². The highest BCUT2D eigenvalue weighted by molar-refractivity contribution is 5.37. The van der Waals surface area contributed by atoms with Gasteiger partial charge in [-0.2, -0.15) is 13.9 Å². The first kappa shape index (κ1) is 8.86. The first-order valence-electron chi connectivity index (χ1n) is 4.23. The SMILES string of the molecule is CCOc1nc(F)cc2nc(C)nn12. The number of hydrogen-bond donors (Lipinski definition) is 0. The van der Waals surface area contributed by atoms with Crippen LogP contribution in [0.1, 0.15) is 12.7 Å². The van der Waals surface area contributed by atoms with Crippen LogP contribution in [0.3, 0.4) is 0 Å². The average molecular weight is 196 g/mol. The molecule has 2 aromatic rings. The van der Waals surface area contributed by atoms with E-state index >= 15 is 0 Å². The molecule has 0 amide bonds. The van der Waals surface area contributed by atoms with Gasteiger partial charge in [-0.05, 0) is 13.8 Å². The summed E-state index contributed by atoms with van der Waals surface area (Å²) in [6.45, 7) is 3.92. The minimum atomic E-state index is -0.617. The Kier molecular flexibility index (Phi) is 2.03. The third-order valence-corrected chi connectivity index (χ3v) is 1.64. The van der Waals surface area contributed by atoms with Crippen molar-refractivity contribution in [3.8, 4) is 6.01 Å². The van der Waals surface area contributed by atoms with Crippen LogP contribution in [0.4, 0.5) is 4.39 Å².